The van der Waals surface area contributed by atoms with Crippen LogP contribution in [0.25, 0.3) is 11.5 Å². The van der Waals surface area contributed by atoms with Crippen molar-refractivity contribution < 1.29 is 9.26 Å². The number of nitrogens with zero attached hydrogens (tertiary/aromatic N) is 5. The molecule has 0 unspecified atom stereocenters. The Bertz CT molecular complexity index is 546. The number of nitriles is 1. The highest BCUT2D eigenvalue weighted by atomic mass is 16.5. The molecular weight excluding hydrogens is 222 g/mol. The lowest BCUT2D eigenvalue weighted by Gasteiger charge is -1.97. The van der Waals surface area contributed by atoms with Gasteiger partial charge < -0.3 is 9.26 Å². The molecule has 7 heteroatoms. The SMILES string of the molecule is COc1cc(-c2noc(CCC#N)n2)ncn1. The molecule has 0 bridgehead atoms. The molecule has 2 heterocycles. The smallest absolute Gasteiger partial charge is 0.228 e. The van der Waals surface area contributed by atoms with Crippen LogP contribution < -0.4 is 4.74 Å². The van der Waals surface area contributed by atoms with Crippen LogP contribution in [0.5, 0.6) is 5.88 Å². The molecule has 2 aromatic heterocycles. The van der Waals surface area contributed by atoms with Crippen LogP contribution in [0, 0.1) is 11.3 Å². The van der Waals surface area contributed by atoms with E-state index in [-0.39, 0.29) is 0 Å². The van der Waals surface area contributed by atoms with Crippen LogP contribution in [0.4, 0.5) is 0 Å². The Kier molecular flexibility index (Phi) is 3.25. The molecule has 0 aliphatic rings. The number of methoxy groups -OCH3 is 1. The molecule has 0 fully saturated rings. The highest BCUT2D eigenvalue weighted by molar-refractivity contribution is 5.49. The van der Waals surface area contributed by atoms with E-state index >= 15 is 0 Å². The summed E-state index contributed by atoms with van der Waals surface area (Å²) >= 11 is 0. The van der Waals surface area contributed by atoms with Crippen molar-refractivity contribution in [2.24, 2.45) is 0 Å². The van der Waals surface area contributed by atoms with E-state index in [0.29, 0.717) is 36.1 Å². The minimum Gasteiger partial charge on any atom is -0.481 e. The van der Waals surface area contributed by atoms with Gasteiger partial charge >= 0.3 is 0 Å². The first kappa shape index (κ1) is 11.0. The summed E-state index contributed by atoms with van der Waals surface area (Å²) in [4.78, 5) is 12.0. The fraction of sp³-hybridized carbons (Fsp3) is 0.300. The molecule has 0 amide bonds. The minimum atomic E-state index is 0.342. The number of aromatic nitrogens is 4. The number of hydrogen-bond donors (Lipinski definition) is 0. The monoisotopic (exact) mass is 231 g/mol. The Morgan fingerprint density at radius 3 is 3.12 bits per heavy atom. The Morgan fingerprint density at radius 1 is 1.47 bits per heavy atom. The number of hydrogen-bond acceptors (Lipinski definition) is 7. The summed E-state index contributed by atoms with van der Waals surface area (Å²) < 4.78 is 9.95. The largest absolute Gasteiger partial charge is 0.481 e. The van der Waals surface area contributed by atoms with Gasteiger partial charge in [-0.1, -0.05) is 5.16 Å². The van der Waals surface area contributed by atoms with Gasteiger partial charge in [-0.3, -0.25) is 0 Å². The van der Waals surface area contributed by atoms with Crippen molar-refractivity contribution in [1.29, 1.82) is 5.26 Å². The molecule has 2 aromatic rings. The maximum atomic E-state index is 8.44. The van der Waals surface area contributed by atoms with Crippen LogP contribution in [0.2, 0.25) is 0 Å². The fourth-order valence-corrected chi connectivity index (χ4v) is 1.20. The van der Waals surface area contributed by atoms with E-state index in [9.17, 15) is 0 Å². The van der Waals surface area contributed by atoms with E-state index in [1.807, 2.05) is 6.07 Å². The minimum absolute atomic E-state index is 0.342. The summed E-state index contributed by atoms with van der Waals surface area (Å²) in [6.07, 6.45) is 2.14. The van der Waals surface area contributed by atoms with E-state index < -0.39 is 0 Å². The third kappa shape index (κ3) is 2.55. The highest BCUT2D eigenvalue weighted by Crippen LogP contribution is 2.16. The van der Waals surface area contributed by atoms with Crippen LogP contribution in [-0.4, -0.2) is 27.2 Å². The van der Waals surface area contributed by atoms with Gasteiger partial charge in [-0.25, -0.2) is 9.97 Å². The quantitative estimate of drug-likeness (QED) is 0.773. The normalized spacial score (nSPS) is 9.88. The van der Waals surface area contributed by atoms with Crippen molar-refractivity contribution in [2.45, 2.75) is 12.8 Å². The number of ether oxygens (including phenoxy) is 1. The fourth-order valence-electron chi connectivity index (χ4n) is 1.20. The second-order valence-corrected chi connectivity index (χ2v) is 3.12. The summed E-state index contributed by atoms with van der Waals surface area (Å²) in [6.45, 7) is 0. The summed E-state index contributed by atoms with van der Waals surface area (Å²) in [5.74, 6) is 1.20. The first-order valence-corrected chi connectivity index (χ1v) is 4.89. The molecule has 0 aliphatic heterocycles. The Labute approximate surface area is 97.1 Å². The van der Waals surface area contributed by atoms with E-state index in [1.54, 1.807) is 6.07 Å². The predicted molar refractivity (Wildman–Crippen MR) is 55.8 cm³/mol. The van der Waals surface area contributed by atoms with Crippen molar-refractivity contribution >= 4 is 0 Å². The summed E-state index contributed by atoms with van der Waals surface area (Å²) in [5, 5.41) is 12.2. The molecule has 0 saturated heterocycles. The standard InChI is InChI=1S/C10H9N5O2/c1-16-9-5-7(12-6-13-9)10-14-8(17-15-10)3-2-4-11/h5-6H,2-3H2,1H3. The lowest BCUT2D eigenvalue weighted by Crippen LogP contribution is -1.92. The third-order valence-electron chi connectivity index (χ3n) is 2.00. The van der Waals surface area contributed by atoms with Crippen molar-refractivity contribution in [3.8, 4) is 23.5 Å². The Hall–Kier alpha value is -2.49. The van der Waals surface area contributed by atoms with E-state index in [4.69, 9.17) is 14.5 Å². The van der Waals surface area contributed by atoms with Crippen LogP contribution in [0.15, 0.2) is 16.9 Å². The molecular formula is C10H9N5O2. The van der Waals surface area contributed by atoms with Gasteiger partial charge in [0.25, 0.3) is 0 Å². The molecule has 0 radical (unpaired) electrons. The lowest BCUT2D eigenvalue weighted by atomic mass is 10.3. The van der Waals surface area contributed by atoms with Gasteiger partial charge in [-0.2, -0.15) is 10.2 Å². The van der Waals surface area contributed by atoms with Crippen molar-refractivity contribution in [2.75, 3.05) is 7.11 Å². The van der Waals surface area contributed by atoms with Crippen molar-refractivity contribution in [1.82, 2.24) is 20.1 Å². The number of rotatable bonds is 4. The molecule has 2 rings (SSSR count). The third-order valence-corrected chi connectivity index (χ3v) is 2.00. The Balaban J connectivity index is 2.21. The van der Waals surface area contributed by atoms with E-state index in [1.165, 1.54) is 13.4 Å². The molecule has 0 aromatic carbocycles. The second kappa shape index (κ2) is 5.03. The van der Waals surface area contributed by atoms with Crippen LogP contribution in [0.3, 0.4) is 0 Å². The zero-order chi connectivity index (χ0) is 12.1. The predicted octanol–water partition coefficient (Wildman–Crippen LogP) is 0.991. The van der Waals surface area contributed by atoms with Gasteiger partial charge in [-0.05, 0) is 0 Å². The Morgan fingerprint density at radius 2 is 2.35 bits per heavy atom. The topological polar surface area (TPSA) is 97.7 Å². The van der Waals surface area contributed by atoms with Crippen molar-refractivity contribution in [3.63, 3.8) is 0 Å². The van der Waals surface area contributed by atoms with Gasteiger partial charge in [0.15, 0.2) is 0 Å². The maximum absolute atomic E-state index is 8.44. The summed E-state index contributed by atoms with van der Waals surface area (Å²) in [7, 11) is 1.51. The lowest BCUT2D eigenvalue weighted by molar-refractivity contribution is 0.379. The molecule has 7 nitrogen and oxygen atoms in total. The number of aryl methyl sites for hydroxylation is 1. The van der Waals surface area contributed by atoms with Gasteiger partial charge in [-0.15, -0.1) is 0 Å². The maximum Gasteiger partial charge on any atom is 0.228 e. The van der Waals surface area contributed by atoms with E-state index in [0.717, 1.165) is 0 Å². The van der Waals surface area contributed by atoms with Crippen LogP contribution >= 0.6 is 0 Å². The molecule has 0 saturated carbocycles. The highest BCUT2D eigenvalue weighted by Gasteiger charge is 2.10. The molecule has 86 valence electrons. The average molecular weight is 231 g/mol. The van der Waals surface area contributed by atoms with Gasteiger partial charge in [0.2, 0.25) is 17.6 Å². The second-order valence-electron chi connectivity index (χ2n) is 3.12. The molecule has 0 N–H and O–H groups in total. The van der Waals surface area contributed by atoms with Gasteiger partial charge in [0, 0.05) is 18.9 Å². The van der Waals surface area contributed by atoms with Crippen LogP contribution in [-0.2, 0) is 6.42 Å². The van der Waals surface area contributed by atoms with E-state index in [2.05, 4.69) is 20.1 Å². The molecule has 17 heavy (non-hydrogen) atoms. The first-order valence-electron chi connectivity index (χ1n) is 4.89. The molecule has 0 spiro atoms. The summed E-state index contributed by atoms with van der Waals surface area (Å²) in [5.41, 5.74) is 0.517. The average Bonchev–Trinajstić information content (AvgIpc) is 2.85. The van der Waals surface area contributed by atoms with Crippen molar-refractivity contribution in [3.05, 3.63) is 18.3 Å². The first-order chi connectivity index (χ1) is 8.33. The zero-order valence-corrected chi connectivity index (χ0v) is 9.12. The van der Waals surface area contributed by atoms with Gasteiger partial charge in [0.1, 0.15) is 12.0 Å². The van der Waals surface area contributed by atoms with Crippen LogP contribution in [0.1, 0.15) is 12.3 Å². The zero-order valence-electron chi connectivity index (χ0n) is 9.12. The molecule has 0 aliphatic carbocycles. The van der Waals surface area contributed by atoms with Gasteiger partial charge in [0.05, 0.1) is 13.2 Å². The summed E-state index contributed by atoms with van der Waals surface area (Å²) in [6, 6.07) is 3.62. The molecule has 0 atom stereocenters.